The predicted molar refractivity (Wildman–Crippen MR) is 57.2 cm³/mol. The Labute approximate surface area is 97.2 Å². The number of carbonyl (C=O) groups is 1. The van der Waals surface area contributed by atoms with Crippen molar-refractivity contribution in [2.24, 2.45) is 0 Å². The molecule has 0 saturated heterocycles. The Balaban J connectivity index is 2.90. The third-order valence-corrected chi connectivity index (χ3v) is 2.45. The van der Waals surface area contributed by atoms with E-state index in [0.29, 0.717) is 11.1 Å². The molecule has 0 aliphatic rings. The molecular formula is C11H11ClF2O2. The number of ether oxygens (including phenoxy) is 1. The fourth-order valence-electron chi connectivity index (χ4n) is 1.33. The van der Waals surface area contributed by atoms with Crippen LogP contribution in [0, 0.1) is 6.92 Å². The van der Waals surface area contributed by atoms with Gasteiger partial charge in [0, 0.05) is 6.42 Å². The van der Waals surface area contributed by atoms with Gasteiger partial charge in [-0.1, -0.05) is 12.1 Å². The van der Waals surface area contributed by atoms with Crippen LogP contribution in [-0.4, -0.2) is 18.3 Å². The Morgan fingerprint density at radius 2 is 2.19 bits per heavy atom. The quantitative estimate of drug-likeness (QED) is 0.749. The molecular weight excluding hydrogens is 238 g/mol. The molecule has 1 aromatic rings. The molecule has 1 aromatic carbocycles. The largest absolute Gasteiger partial charge is 0.435 e. The van der Waals surface area contributed by atoms with Crippen LogP contribution in [0.15, 0.2) is 18.2 Å². The number of ketones is 1. The third-order valence-electron chi connectivity index (χ3n) is 2.15. The van der Waals surface area contributed by atoms with Gasteiger partial charge in [-0.05, 0) is 24.1 Å². The van der Waals surface area contributed by atoms with Gasteiger partial charge in [0.1, 0.15) is 5.75 Å². The van der Waals surface area contributed by atoms with Crippen LogP contribution in [0.4, 0.5) is 8.78 Å². The molecule has 0 aromatic heterocycles. The van der Waals surface area contributed by atoms with Crippen LogP contribution in [0.5, 0.6) is 5.75 Å². The molecule has 0 fully saturated rings. The highest BCUT2D eigenvalue weighted by Gasteiger charge is 2.11. The Bertz CT molecular complexity index is 380. The molecule has 0 atom stereocenters. The zero-order chi connectivity index (χ0) is 12.1. The lowest BCUT2D eigenvalue weighted by atomic mass is 10.0. The van der Waals surface area contributed by atoms with E-state index in [2.05, 4.69) is 4.74 Å². The minimum absolute atomic E-state index is 0.0840. The molecule has 0 amide bonds. The normalized spacial score (nSPS) is 10.6. The average Bonchev–Trinajstić information content (AvgIpc) is 2.23. The fourth-order valence-corrected chi connectivity index (χ4v) is 1.43. The van der Waals surface area contributed by atoms with Crippen LogP contribution in [-0.2, 0) is 11.2 Å². The number of Topliss-reactive ketones (excluding diaryl/α,β-unsaturated/α-hetero) is 1. The molecule has 0 saturated carbocycles. The van der Waals surface area contributed by atoms with Gasteiger partial charge < -0.3 is 4.74 Å². The highest BCUT2D eigenvalue weighted by atomic mass is 35.5. The van der Waals surface area contributed by atoms with Gasteiger partial charge in [0.25, 0.3) is 0 Å². The van der Waals surface area contributed by atoms with Gasteiger partial charge in [-0.2, -0.15) is 8.78 Å². The minimum atomic E-state index is -2.86. The number of hydrogen-bond donors (Lipinski definition) is 0. The molecule has 0 bridgehead atoms. The number of hydrogen-bond acceptors (Lipinski definition) is 2. The average molecular weight is 249 g/mol. The van der Waals surface area contributed by atoms with Gasteiger partial charge in [-0.25, -0.2) is 0 Å². The van der Waals surface area contributed by atoms with E-state index in [0.717, 1.165) is 0 Å². The smallest absolute Gasteiger partial charge is 0.387 e. The molecule has 0 N–H and O–H groups in total. The number of carbonyl (C=O) groups excluding carboxylic acids is 1. The summed E-state index contributed by atoms with van der Waals surface area (Å²) >= 11 is 5.38. The summed E-state index contributed by atoms with van der Waals surface area (Å²) in [6.07, 6.45) is 0.135. The zero-order valence-electron chi connectivity index (χ0n) is 8.67. The molecule has 0 aliphatic heterocycles. The Kier molecular flexibility index (Phi) is 4.68. The molecule has 0 spiro atoms. The Morgan fingerprint density at radius 1 is 1.50 bits per heavy atom. The van der Waals surface area contributed by atoms with Crippen LogP contribution in [0.25, 0.3) is 0 Å². The van der Waals surface area contributed by atoms with E-state index in [4.69, 9.17) is 11.6 Å². The first-order chi connectivity index (χ1) is 7.54. The first kappa shape index (κ1) is 12.9. The maximum Gasteiger partial charge on any atom is 0.387 e. The summed E-state index contributed by atoms with van der Waals surface area (Å²) in [5.41, 5.74) is 1.20. The molecule has 1 rings (SSSR count). The SMILES string of the molecule is Cc1c(CC(=O)CCl)cccc1OC(F)F. The molecule has 88 valence electrons. The van der Waals surface area contributed by atoms with Crippen molar-refractivity contribution in [2.45, 2.75) is 20.0 Å². The van der Waals surface area contributed by atoms with E-state index < -0.39 is 6.61 Å². The minimum Gasteiger partial charge on any atom is -0.435 e. The van der Waals surface area contributed by atoms with Crippen molar-refractivity contribution >= 4 is 17.4 Å². The Morgan fingerprint density at radius 3 is 2.75 bits per heavy atom. The Hall–Kier alpha value is -1.16. The number of halogens is 3. The van der Waals surface area contributed by atoms with Gasteiger partial charge in [0.05, 0.1) is 5.88 Å². The predicted octanol–water partition coefficient (Wildman–Crippen LogP) is 2.95. The second-order valence-corrected chi connectivity index (χ2v) is 3.54. The summed E-state index contributed by atoms with van der Waals surface area (Å²) in [5, 5.41) is 0. The summed E-state index contributed by atoms with van der Waals surface area (Å²) in [7, 11) is 0. The van der Waals surface area contributed by atoms with E-state index >= 15 is 0 Å². The van der Waals surface area contributed by atoms with E-state index in [-0.39, 0.29) is 23.8 Å². The summed E-state index contributed by atoms with van der Waals surface area (Å²) in [4.78, 5) is 11.1. The maximum atomic E-state index is 12.1. The van der Waals surface area contributed by atoms with Crippen LogP contribution in [0.2, 0.25) is 0 Å². The summed E-state index contributed by atoms with van der Waals surface area (Å²) in [6.45, 7) is -1.23. The van der Waals surface area contributed by atoms with Gasteiger partial charge in [-0.15, -0.1) is 11.6 Å². The van der Waals surface area contributed by atoms with E-state index in [1.807, 2.05) is 0 Å². The van der Waals surface area contributed by atoms with Crippen LogP contribution >= 0.6 is 11.6 Å². The lowest BCUT2D eigenvalue weighted by Gasteiger charge is -2.11. The summed E-state index contributed by atoms with van der Waals surface area (Å²) < 4.78 is 28.4. The number of benzene rings is 1. The van der Waals surface area contributed by atoms with Crippen molar-refractivity contribution in [3.05, 3.63) is 29.3 Å². The van der Waals surface area contributed by atoms with E-state index in [1.165, 1.54) is 6.07 Å². The molecule has 0 aliphatic carbocycles. The molecule has 5 heteroatoms. The molecule has 2 nitrogen and oxygen atoms in total. The van der Waals surface area contributed by atoms with Crippen molar-refractivity contribution in [1.29, 1.82) is 0 Å². The lowest BCUT2D eigenvalue weighted by molar-refractivity contribution is -0.116. The second kappa shape index (κ2) is 5.80. The number of rotatable bonds is 5. The van der Waals surface area contributed by atoms with Gasteiger partial charge in [0.2, 0.25) is 0 Å². The standard InChI is InChI=1S/C11H11ClF2O2/c1-7-8(5-9(15)6-12)3-2-4-10(7)16-11(13)14/h2-4,11H,5-6H2,1H3. The monoisotopic (exact) mass is 248 g/mol. The third kappa shape index (κ3) is 3.45. The summed E-state index contributed by atoms with van der Waals surface area (Å²) in [6, 6.07) is 4.70. The topological polar surface area (TPSA) is 26.3 Å². The van der Waals surface area contributed by atoms with Crippen molar-refractivity contribution in [1.82, 2.24) is 0 Å². The maximum absolute atomic E-state index is 12.1. The van der Waals surface area contributed by atoms with Gasteiger partial charge in [0.15, 0.2) is 5.78 Å². The lowest BCUT2D eigenvalue weighted by Crippen LogP contribution is -2.08. The van der Waals surface area contributed by atoms with E-state index in [1.54, 1.807) is 19.1 Å². The zero-order valence-corrected chi connectivity index (χ0v) is 9.43. The van der Waals surface area contributed by atoms with E-state index in [9.17, 15) is 13.6 Å². The molecule has 0 heterocycles. The molecule has 0 unspecified atom stereocenters. The van der Waals surface area contributed by atoms with Crippen molar-refractivity contribution < 1.29 is 18.3 Å². The first-order valence-electron chi connectivity index (χ1n) is 4.65. The number of alkyl halides is 3. The second-order valence-electron chi connectivity index (χ2n) is 3.27. The van der Waals surface area contributed by atoms with Crippen molar-refractivity contribution in [3.8, 4) is 5.75 Å². The fraction of sp³-hybridized carbons (Fsp3) is 0.364. The molecule has 0 radical (unpaired) electrons. The van der Waals surface area contributed by atoms with Crippen molar-refractivity contribution in [2.75, 3.05) is 5.88 Å². The highest BCUT2D eigenvalue weighted by molar-refractivity contribution is 6.27. The molecule has 16 heavy (non-hydrogen) atoms. The van der Waals surface area contributed by atoms with Crippen LogP contribution in [0.3, 0.4) is 0 Å². The highest BCUT2D eigenvalue weighted by Crippen LogP contribution is 2.23. The van der Waals surface area contributed by atoms with Gasteiger partial charge in [-0.3, -0.25) is 4.79 Å². The summed E-state index contributed by atoms with van der Waals surface area (Å²) in [5.74, 6) is -0.145. The van der Waals surface area contributed by atoms with Crippen LogP contribution < -0.4 is 4.74 Å². The first-order valence-corrected chi connectivity index (χ1v) is 5.19. The van der Waals surface area contributed by atoms with Crippen molar-refractivity contribution in [3.63, 3.8) is 0 Å². The van der Waals surface area contributed by atoms with Crippen LogP contribution in [0.1, 0.15) is 11.1 Å². The van der Waals surface area contributed by atoms with Gasteiger partial charge >= 0.3 is 6.61 Å².